The van der Waals surface area contributed by atoms with Crippen molar-refractivity contribution < 1.29 is 4.79 Å². The molecule has 0 N–H and O–H groups in total. The molecule has 7 heteroatoms. The minimum absolute atomic E-state index is 0.0750. The summed E-state index contributed by atoms with van der Waals surface area (Å²) in [6, 6.07) is 15.6. The topological polar surface area (TPSA) is 51.0 Å². The van der Waals surface area contributed by atoms with E-state index in [2.05, 4.69) is 10.1 Å². The number of nitrogens with zero attached hydrogens (tertiary/aromatic N) is 4. The van der Waals surface area contributed by atoms with E-state index in [1.165, 1.54) is 17.7 Å². The highest BCUT2D eigenvalue weighted by molar-refractivity contribution is 7.21. The van der Waals surface area contributed by atoms with Crippen LogP contribution in [0.5, 0.6) is 0 Å². The number of carbonyl (C=O) groups excluding carboxylic acids is 1. The number of carbonyl (C=O) groups is 1. The van der Waals surface area contributed by atoms with Crippen molar-refractivity contribution in [2.75, 3.05) is 7.05 Å². The number of hydrogen-bond donors (Lipinski definition) is 0. The number of amides is 1. The Morgan fingerprint density at radius 2 is 1.93 bits per heavy atom. The second-order valence-corrected chi connectivity index (χ2v) is 7.70. The van der Waals surface area contributed by atoms with Crippen LogP contribution in [0.25, 0.3) is 15.8 Å². The van der Waals surface area contributed by atoms with E-state index < -0.39 is 0 Å². The van der Waals surface area contributed by atoms with Crippen LogP contribution in [-0.4, -0.2) is 32.6 Å². The van der Waals surface area contributed by atoms with Crippen molar-refractivity contribution in [1.82, 2.24) is 19.7 Å². The Kier molecular flexibility index (Phi) is 4.68. The number of benzene rings is 2. The lowest BCUT2D eigenvalue weighted by atomic mass is 10.1. The van der Waals surface area contributed by atoms with Gasteiger partial charge in [0, 0.05) is 17.1 Å². The van der Waals surface area contributed by atoms with E-state index in [1.54, 1.807) is 23.0 Å². The van der Waals surface area contributed by atoms with Gasteiger partial charge in [-0.25, -0.2) is 9.67 Å². The number of aromatic nitrogens is 3. The van der Waals surface area contributed by atoms with Crippen molar-refractivity contribution in [2.45, 2.75) is 13.0 Å². The van der Waals surface area contributed by atoms with Crippen molar-refractivity contribution in [3.63, 3.8) is 0 Å². The Morgan fingerprint density at radius 3 is 2.59 bits per heavy atom. The van der Waals surface area contributed by atoms with Crippen molar-refractivity contribution in [2.24, 2.45) is 0 Å². The van der Waals surface area contributed by atoms with Crippen LogP contribution in [0.1, 0.15) is 28.2 Å². The monoisotopic (exact) mass is 396 g/mol. The summed E-state index contributed by atoms with van der Waals surface area (Å²) in [4.78, 5) is 19.3. The van der Waals surface area contributed by atoms with Gasteiger partial charge in [0.15, 0.2) is 0 Å². The van der Waals surface area contributed by atoms with Gasteiger partial charge < -0.3 is 4.90 Å². The number of rotatable bonds is 4. The lowest BCUT2D eigenvalue weighted by Crippen LogP contribution is -2.29. The van der Waals surface area contributed by atoms with Gasteiger partial charge in [-0.3, -0.25) is 4.79 Å². The van der Waals surface area contributed by atoms with E-state index >= 15 is 0 Å². The zero-order chi connectivity index (χ0) is 19.0. The Labute approximate surface area is 165 Å². The fourth-order valence-electron chi connectivity index (χ4n) is 2.96. The molecule has 0 saturated carbocycles. The summed E-state index contributed by atoms with van der Waals surface area (Å²) in [5, 5.41) is 5.57. The van der Waals surface area contributed by atoms with Gasteiger partial charge in [0.2, 0.25) is 0 Å². The Balaban J connectivity index is 1.58. The predicted molar refractivity (Wildman–Crippen MR) is 109 cm³/mol. The molecule has 2 aromatic carbocycles. The first-order chi connectivity index (χ1) is 13.1. The second-order valence-electron chi connectivity index (χ2n) is 6.26. The van der Waals surface area contributed by atoms with Crippen LogP contribution in [0.15, 0.2) is 61.2 Å². The summed E-state index contributed by atoms with van der Waals surface area (Å²) >= 11 is 7.90. The van der Waals surface area contributed by atoms with E-state index in [0.29, 0.717) is 9.90 Å². The Hall–Kier alpha value is -2.70. The SMILES string of the molecule is CC(c1ccc(-n2cncn2)cc1)N(C)C(=O)c1sc2ccccc2c1Cl. The third-order valence-electron chi connectivity index (χ3n) is 4.69. The highest BCUT2D eigenvalue weighted by Gasteiger charge is 2.24. The van der Waals surface area contributed by atoms with E-state index in [0.717, 1.165) is 21.3 Å². The van der Waals surface area contributed by atoms with Gasteiger partial charge in [-0.05, 0) is 30.7 Å². The Morgan fingerprint density at radius 1 is 1.19 bits per heavy atom. The number of hydrogen-bond acceptors (Lipinski definition) is 4. The maximum absolute atomic E-state index is 13.0. The molecular formula is C20H17ClN4OS. The zero-order valence-corrected chi connectivity index (χ0v) is 16.4. The standard InChI is InChI=1S/C20H17ClN4OS/c1-13(14-7-9-15(10-8-14)25-12-22-11-23-25)24(2)20(26)19-18(21)16-5-3-4-6-17(16)27-19/h3-13H,1-2H3. The quantitative estimate of drug-likeness (QED) is 0.489. The molecule has 2 aromatic heterocycles. The van der Waals surface area contributed by atoms with Crippen LogP contribution >= 0.6 is 22.9 Å². The first-order valence-corrected chi connectivity index (χ1v) is 9.65. The van der Waals surface area contributed by atoms with Crippen molar-refractivity contribution in [3.8, 4) is 5.69 Å². The maximum atomic E-state index is 13.0. The van der Waals surface area contributed by atoms with Crippen LogP contribution in [0.2, 0.25) is 5.02 Å². The van der Waals surface area contributed by atoms with Gasteiger partial charge in [0.1, 0.15) is 17.5 Å². The number of halogens is 1. The molecule has 1 unspecified atom stereocenters. The molecule has 0 spiro atoms. The molecule has 0 saturated heterocycles. The van der Waals surface area contributed by atoms with Crippen molar-refractivity contribution in [1.29, 1.82) is 0 Å². The van der Waals surface area contributed by atoms with E-state index in [1.807, 2.05) is 55.5 Å². The van der Waals surface area contributed by atoms with Crippen LogP contribution in [0.4, 0.5) is 0 Å². The largest absolute Gasteiger partial charge is 0.334 e. The predicted octanol–water partition coefficient (Wildman–Crippen LogP) is 4.97. The smallest absolute Gasteiger partial charge is 0.265 e. The molecule has 0 aliphatic heterocycles. The lowest BCUT2D eigenvalue weighted by molar-refractivity contribution is 0.0748. The molecule has 0 fully saturated rings. The highest BCUT2D eigenvalue weighted by Crippen LogP contribution is 2.36. The van der Waals surface area contributed by atoms with Crippen LogP contribution in [0.3, 0.4) is 0 Å². The molecule has 4 aromatic rings. The molecule has 2 heterocycles. The molecule has 0 aliphatic carbocycles. The summed E-state index contributed by atoms with van der Waals surface area (Å²) in [7, 11) is 1.80. The summed E-state index contributed by atoms with van der Waals surface area (Å²) < 4.78 is 2.71. The van der Waals surface area contributed by atoms with E-state index in [-0.39, 0.29) is 11.9 Å². The molecule has 4 rings (SSSR count). The van der Waals surface area contributed by atoms with E-state index in [4.69, 9.17) is 11.6 Å². The molecule has 27 heavy (non-hydrogen) atoms. The van der Waals surface area contributed by atoms with Gasteiger partial charge in [-0.2, -0.15) is 5.10 Å². The van der Waals surface area contributed by atoms with Gasteiger partial charge in [0.05, 0.1) is 16.8 Å². The first-order valence-electron chi connectivity index (χ1n) is 8.45. The summed E-state index contributed by atoms with van der Waals surface area (Å²) in [6.45, 7) is 2.00. The van der Waals surface area contributed by atoms with Crippen LogP contribution in [0, 0.1) is 0 Å². The highest BCUT2D eigenvalue weighted by atomic mass is 35.5. The third kappa shape index (κ3) is 3.22. The van der Waals surface area contributed by atoms with Gasteiger partial charge >= 0.3 is 0 Å². The molecule has 1 amide bonds. The minimum Gasteiger partial charge on any atom is -0.334 e. The van der Waals surface area contributed by atoms with Crippen molar-refractivity contribution >= 4 is 38.9 Å². The first kappa shape index (κ1) is 17.7. The Bertz CT molecular complexity index is 1090. The fourth-order valence-corrected chi connectivity index (χ4v) is 4.45. The molecule has 0 aliphatic rings. The average molecular weight is 397 g/mol. The number of thiophene rings is 1. The molecule has 0 radical (unpaired) electrons. The summed E-state index contributed by atoms with van der Waals surface area (Å²) in [6.07, 6.45) is 3.15. The van der Waals surface area contributed by atoms with E-state index in [9.17, 15) is 4.79 Å². The second kappa shape index (κ2) is 7.13. The maximum Gasteiger partial charge on any atom is 0.265 e. The number of fused-ring (bicyclic) bond motifs is 1. The molecule has 136 valence electrons. The molecule has 0 bridgehead atoms. The molecule has 1 atom stereocenters. The van der Waals surface area contributed by atoms with Crippen LogP contribution in [-0.2, 0) is 0 Å². The van der Waals surface area contributed by atoms with Crippen molar-refractivity contribution in [3.05, 3.63) is 76.6 Å². The molecule has 5 nitrogen and oxygen atoms in total. The molecular weight excluding hydrogens is 380 g/mol. The normalized spacial score (nSPS) is 12.3. The van der Waals surface area contributed by atoms with Gasteiger partial charge in [0.25, 0.3) is 5.91 Å². The zero-order valence-electron chi connectivity index (χ0n) is 14.8. The van der Waals surface area contributed by atoms with Gasteiger partial charge in [-0.15, -0.1) is 11.3 Å². The fraction of sp³-hybridized carbons (Fsp3) is 0.150. The minimum atomic E-state index is -0.0939. The third-order valence-corrected chi connectivity index (χ3v) is 6.35. The lowest BCUT2D eigenvalue weighted by Gasteiger charge is -2.25. The summed E-state index contributed by atoms with van der Waals surface area (Å²) in [5.74, 6) is -0.0750. The summed E-state index contributed by atoms with van der Waals surface area (Å²) in [5.41, 5.74) is 1.96. The van der Waals surface area contributed by atoms with Crippen LogP contribution < -0.4 is 0 Å². The average Bonchev–Trinajstić information content (AvgIpc) is 3.35. The van der Waals surface area contributed by atoms with Gasteiger partial charge in [-0.1, -0.05) is 41.9 Å².